The smallest absolute Gasteiger partial charge is 0.303 e. The molecule has 0 bridgehead atoms. The lowest BCUT2D eigenvalue weighted by Crippen LogP contribution is -2.34. The van der Waals surface area contributed by atoms with Gasteiger partial charge in [0.1, 0.15) is 5.60 Å². The van der Waals surface area contributed by atoms with Crippen LogP contribution in [0.1, 0.15) is 100 Å². The predicted octanol–water partition coefficient (Wildman–Crippen LogP) is 6.95. The maximum Gasteiger partial charge on any atom is 0.303 e. The quantitative estimate of drug-likeness (QED) is 0.224. The Bertz CT molecular complexity index is 824. The zero-order chi connectivity index (χ0) is 26.9. The van der Waals surface area contributed by atoms with Gasteiger partial charge in [-0.2, -0.15) is 0 Å². The first kappa shape index (κ1) is 29.4. The lowest BCUT2D eigenvalue weighted by Gasteiger charge is -2.38. The van der Waals surface area contributed by atoms with E-state index in [1.54, 1.807) is 5.57 Å². The molecule has 36 heavy (non-hydrogen) atoms. The van der Waals surface area contributed by atoms with Crippen LogP contribution in [0.2, 0.25) is 0 Å². The van der Waals surface area contributed by atoms with Crippen molar-refractivity contribution in [2.24, 2.45) is 52.3 Å². The third-order valence-electron chi connectivity index (χ3n) is 10.8. The highest BCUT2D eigenvalue weighted by molar-refractivity contribution is 5.66. The van der Waals surface area contributed by atoms with E-state index in [2.05, 4.69) is 52.8 Å². The maximum atomic E-state index is 11.5. The molecule has 3 aliphatic rings. The van der Waals surface area contributed by atoms with Crippen molar-refractivity contribution in [1.29, 1.82) is 0 Å². The Morgan fingerprint density at radius 1 is 1.11 bits per heavy atom. The lowest BCUT2D eigenvalue weighted by molar-refractivity contribution is -0.156. The van der Waals surface area contributed by atoms with Crippen LogP contribution in [0.15, 0.2) is 23.8 Å². The lowest BCUT2D eigenvalue weighted by atomic mass is 9.67. The minimum Gasteiger partial charge on any atom is -0.459 e. The van der Waals surface area contributed by atoms with Crippen molar-refractivity contribution in [1.82, 2.24) is 0 Å². The number of ether oxygens (including phenoxy) is 1. The van der Waals surface area contributed by atoms with Crippen molar-refractivity contribution in [3.05, 3.63) is 23.8 Å². The molecule has 3 rings (SSSR count). The van der Waals surface area contributed by atoms with Crippen molar-refractivity contribution < 1.29 is 19.7 Å². The maximum absolute atomic E-state index is 11.5. The van der Waals surface area contributed by atoms with E-state index in [-0.39, 0.29) is 41.8 Å². The van der Waals surface area contributed by atoms with Crippen molar-refractivity contribution in [3.8, 4) is 0 Å². The van der Waals surface area contributed by atoms with Gasteiger partial charge < -0.3 is 14.9 Å². The van der Waals surface area contributed by atoms with Gasteiger partial charge in [-0.3, -0.25) is 4.79 Å². The summed E-state index contributed by atoms with van der Waals surface area (Å²) in [6.07, 6.45) is 15.2. The van der Waals surface area contributed by atoms with Gasteiger partial charge in [0.2, 0.25) is 0 Å². The number of allylic oxidation sites excluding steroid dienone is 2. The Hall–Kier alpha value is -1.13. The second-order valence-electron chi connectivity index (χ2n) is 13.5. The fraction of sp³-hybridized carbons (Fsp3) is 0.844. The molecule has 206 valence electrons. The molecule has 0 radical (unpaired) electrons. The van der Waals surface area contributed by atoms with Gasteiger partial charge in [-0.15, -0.1) is 0 Å². The number of hydrogen-bond donors (Lipinski definition) is 2. The molecule has 4 nitrogen and oxygen atoms in total. The fourth-order valence-electron chi connectivity index (χ4n) is 8.35. The van der Waals surface area contributed by atoms with E-state index in [1.807, 2.05) is 13.8 Å². The molecule has 0 aromatic carbocycles. The molecule has 8 atom stereocenters. The highest BCUT2D eigenvalue weighted by Gasteiger charge is 2.65. The van der Waals surface area contributed by atoms with Gasteiger partial charge in [0.25, 0.3) is 0 Å². The molecular formula is C32H54O4. The van der Waals surface area contributed by atoms with Gasteiger partial charge in [0.15, 0.2) is 0 Å². The number of esters is 1. The van der Waals surface area contributed by atoms with Crippen LogP contribution < -0.4 is 0 Å². The van der Waals surface area contributed by atoms with Crippen LogP contribution in [-0.4, -0.2) is 35.0 Å². The van der Waals surface area contributed by atoms with Gasteiger partial charge in [-0.05, 0) is 92.8 Å². The van der Waals surface area contributed by atoms with E-state index in [1.165, 1.54) is 32.6 Å². The van der Waals surface area contributed by atoms with Crippen molar-refractivity contribution in [3.63, 3.8) is 0 Å². The van der Waals surface area contributed by atoms with E-state index < -0.39 is 5.60 Å². The molecule has 0 aromatic heterocycles. The van der Waals surface area contributed by atoms with Crippen LogP contribution >= 0.6 is 0 Å². The summed E-state index contributed by atoms with van der Waals surface area (Å²) in [5.41, 5.74) is 1.35. The van der Waals surface area contributed by atoms with Crippen LogP contribution in [0.25, 0.3) is 0 Å². The highest BCUT2D eigenvalue weighted by atomic mass is 16.6. The summed E-state index contributed by atoms with van der Waals surface area (Å²) < 4.78 is 5.56. The van der Waals surface area contributed by atoms with Gasteiger partial charge in [-0.25, -0.2) is 0 Å². The summed E-state index contributed by atoms with van der Waals surface area (Å²) >= 11 is 0. The Balaban J connectivity index is 1.77. The molecule has 0 aromatic rings. The fourth-order valence-corrected chi connectivity index (χ4v) is 8.35. The SMILES string of the molecule is CCC/C(=C\[C@@H](CO)[C@]12C[C@H]1CCC2CO)[C@@H]1CC[C@H]([C@H](C)/C=C/[C@H](C)C(C)(C)OC(C)=O)C1(C)C. The number of aliphatic hydroxyl groups is 2. The number of carbonyl (C=O) groups excluding carboxylic acids is 1. The van der Waals surface area contributed by atoms with E-state index in [0.29, 0.717) is 29.6 Å². The summed E-state index contributed by atoms with van der Waals surface area (Å²) in [5, 5.41) is 20.5. The second kappa shape index (κ2) is 11.3. The molecule has 0 saturated heterocycles. The van der Waals surface area contributed by atoms with E-state index in [4.69, 9.17) is 4.74 Å². The van der Waals surface area contributed by atoms with Gasteiger partial charge in [-0.1, -0.05) is 64.8 Å². The summed E-state index contributed by atoms with van der Waals surface area (Å²) in [6.45, 7) is 17.5. The van der Waals surface area contributed by atoms with Crippen molar-refractivity contribution >= 4 is 5.97 Å². The average molecular weight is 503 g/mol. The Morgan fingerprint density at radius 2 is 1.81 bits per heavy atom. The van der Waals surface area contributed by atoms with Gasteiger partial charge >= 0.3 is 5.97 Å². The molecule has 0 heterocycles. The normalized spacial score (nSPS) is 34.4. The monoisotopic (exact) mass is 502 g/mol. The first-order valence-corrected chi connectivity index (χ1v) is 14.6. The zero-order valence-corrected chi connectivity index (χ0v) is 24.3. The van der Waals surface area contributed by atoms with Crippen LogP contribution in [0, 0.1) is 52.3 Å². The average Bonchev–Trinajstić information content (AvgIpc) is 3.27. The minimum absolute atomic E-state index is 0.140. The molecule has 4 heteroatoms. The molecule has 2 N–H and O–H groups in total. The number of rotatable bonds is 12. The number of carbonyl (C=O) groups is 1. The molecule has 0 amide bonds. The Labute approximate surface area is 221 Å². The van der Waals surface area contributed by atoms with Crippen molar-refractivity contribution in [2.45, 2.75) is 106 Å². The molecular weight excluding hydrogens is 448 g/mol. The van der Waals surface area contributed by atoms with Crippen LogP contribution in [-0.2, 0) is 9.53 Å². The van der Waals surface area contributed by atoms with Crippen LogP contribution in [0.3, 0.4) is 0 Å². The zero-order valence-electron chi connectivity index (χ0n) is 24.3. The molecule has 0 spiro atoms. The third kappa shape index (κ3) is 5.65. The van der Waals surface area contributed by atoms with Gasteiger partial charge in [0, 0.05) is 32.0 Å². The summed E-state index contributed by atoms with van der Waals surface area (Å²) in [5.74, 6) is 2.69. The third-order valence-corrected chi connectivity index (χ3v) is 10.8. The summed E-state index contributed by atoms with van der Waals surface area (Å²) in [6, 6.07) is 0. The molecule has 1 unspecified atom stereocenters. The van der Waals surface area contributed by atoms with Crippen molar-refractivity contribution in [2.75, 3.05) is 13.2 Å². The second-order valence-corrected chi connectivity index (χ2v) is 13.5. The van der Waals surface area contributed by atoms with Gasteiger partial charge in [0.05, 0.1) is 0 Å². The van der Waals surface area contributed by atoms with Crippen LogP contribution in [0.4, 0.5) is 0 Å². The first-order chi connectivity index (χ1) is 16.8. The standard InChI is InChI=1S/C32H54O4/c1-9-10-24(17-27(20-34)32-18-25(32)13-14-26(32)19-33)29-16-15-28(30(29,5)6)21(2)11-12-22(3)31(7,8)36-23(4)35/h11-12,17,21-22,25-29,33-34H,9-10,13-16,18-20H2,1-8H3/b12-11+,24-17+/t21-,22+,25-,26?,27+,28-,29+,32-/m1/s1. The van der Waals surface area contributed by atoms with E-state index >= 15 is 0 Å². The largest absolute Gasteiger partial charge is 0.459 e. The van der Waals surface area contributed by atoms with Crippen LogP contribution in [0.5, 0.6) is 0 Å². The Kier molecular flexibility index (Phi) is 9.25. The number of hydrogen-bond acceptors (Lipinski definition) is 4. The molecule has 3 aliphatic carbocycles. The summed E-state index contributed by atoms with van der Waals surface area (Å²) in [7, 11) is 0. The summed E-state index contributed by atoms with van der Waals surface area (Å²) in [4.78, 5) is 11.5. The Morgan fingerprint density at radius 3 is 2.36 bits per heavy atom. The predicted molar refractivity (Wildman–Crippen MR) is 147 cm³/mol. The molecule has 3 fully saturated rings. The minimum atomic E-state index is -0.515. The van der Waals surface area contributed by atoms with E-state index in [0.717, 1.165) is 19.3 Å². The van der Waals surface area contributed by atoms with E-state index in [9.17, 15) is 15.0 Å². The topological polar surface area (TPSA) is 66.8 Å². The molecule has 3 saturated carbocycles. The first-order valence-electron chi connectivity index (χ1n) is 14.6. The highest BCUT2D eigenvalue weighted by Crippen LogP contribution is 2.70. The molecule has 0 aliphatic heterocycles. The number of fused-ring (bicyclic) bond motifs is 1. The number of aliphatic hydroxyl groups excluding tert-OH is 2.